The summed E-state index contributed by atoms with van der Waals surface area (Å²) in [6.45, 7) is 2.96. The van der Waals surface area contributed by atoms with Gasteiger partial charge in [0.1, 0.15) is 5.82 Å². The van der Waals surface area contributed by atoms with Gasteiger partial charge in [-0.1, -0.05) is 0 Å². The quantitative estimate of drug-likeness (QED) is 0.869. The predicted molar refractivity (Wildman–Crippen MR) is 74.1 cm³/mol. The van der Waals surface area contributed by atoms with Crippen LogP contribution in [-0.4, -0.2) is 23.8 Å². The summed E-state index contributed by atoms with van der Waals surface area (Å²) in [5, 5.41) is 0. The van der Waals surface area contributed by atoms with Gasteiger partial charge < -0.3 is 14.0 Å². The summed E-state index contributed by atoms with van der Waals surface area (Å²) in [6, 6.07) is 3.91. The fraction of sp³-hybridized carbons (Fsp3) is 0.308. The molecule has 2 rings (SSSR count). The van der Waals surface area contributed by atoms with Gasteiger partial charge in [-0.2, -0.15) is 0 Å². The van der Waals surface area contributed by atoms with E-state index in [4.69, 9.17) is 9.47 Å². The van der Waals surface area contributed by atoms with Crippen LogP contribution in [0, 0.1) is 0 Å². The SMILES string of the molecule is CCn1ccnc1-c1cc(Br)c(OC)c(OC)c1. The summed E-state index contributed by atoms with van der Waals surface area (Å²) < 4.78 is 13.6. The van der Waals surface area contributed by atoms with Gasteiger partial charge in [0.15, 0.2) is 11.5 Å². The third-order valence-electron chi connectivity index (χ3n) is 2.75. The standard InChI is InChI=1S/C13H15BrN2O2/c1-4-16-6-5-15-13(16)9-7-10(14)12(18-3)11(8-9)17-2/h5-8H,4H2,1-3H3. The molecule has 0 saturated carbocycles. The summed E-state index contributed by atoms with van der Waals surface area (Å²) in [5.41, 5.74) is 0.992. The smallest absolute Gasteiger partial charge is 0.174 e. The summed E-state index contributed by atoms with van der Waals surface area (Å²) in [6.07, 6.45) is 3.75. The Morgan fingerprint density at radius 2 is 2.06 bits per heavy atom. The maximum atomic E-state index is 5.34. The summed E-state index contributed by atoms with van der Waals surface area (Å²) >= 11 is 3.49. The first-order valence-electron chi connectivity index (χ1n) is 5.64. The van der Waals surface area contributed by atoms with Crippen LogP contribution in [0.1, 0.15) is 6.92 Å². The number of aryl methyl sites for hydroxylation is 1. The molecule has 5 heteroatoms. The second-order valence-corrected chi connectivity index (χ2v) is 4.58. The molecular weight excluding hydrogens is 296 g/mol. The van der Waals surface area contributed by atoms with Gasteiger partial charge in [0, 0.05) is 24.5 Å². The molecule has 0 saturated heterocycles. The fourth-order valence-corrected chi connectivity index (χ4v) is 2.48. The molecule has 0 aliphatic heterocycles. The lowest BCUT2D eigenvalue weighted by Gasteiger charge is -2.12. The monoisotopic (exact) mass is 310 g/mol. The number of methoxy groups -OCH3 is 2. The minimum absolute atomic E-state index is 0.688. The highest BCUT2D eigenvalue weighted by Crippen LogP contribution is 2.38. The molecule has 0 unspecified atom stereocenters. The average molecular weight is 311 g/mol. The lowest BCUT2D eigenvalue weighted by molar-refractivity contribution is 0.353. The van der Waals surface area contributed by atoms with E-state index < -0.39 is 0 Å². The largest absolute Gasteiger partial charge is 0.493 e. The third-order valence-corrected chi connectivity index (χ3v) is 3.34. The highest BCUT2D eigenvalue weighted by molar-refractivity contribution is 9.10. The van der Waals surface area contributed by atoms with Crippen LogP contribution < -0.4 is 9.47 Å². The third kappa shape index (κ3) is 2.22. The number of hydrogen-bond acceptors (Lipinski definition) is 3. The van der Waals surface area contributed by atoms with Crippen molar-refractivity contribution in [2.24, 2.45) is 0 Å². The first-order chi connectivity index (χ1) is 8.71. The van der Waals surface area contributed by atoms with Crippen LogP contribution in [0.4, 0.5) is 0 Å². The Balaban J connectivity index is 2.56. The fourth-order valence-electron chi connectivity index (χ4n) is 1.87. The van der Waals surface area contributed by atoms with Crippen LogP contribution in [0.3, 0.4) is 0 Å². The molecule has 2 aromatic rings. The Bertz CT molecular complexity index is 552. The maximum absolute atomic E-state index is 5.34. The zero-order valence-corrected chi connectivity index (χ0v) is 12.2. The molecule has 0 fully saturated rings. The first kappa shape index (κ1) is 13.0. The second kappa shape index (κ2) is 5.44. The first-order valence-corrected chi connectivity index (χ1v) is 6.43. The van der Waals surface area contributed by atoms with E-state index in [1.807, 2.05) is 18.3 Å². The minimum atomic E-state index is 0.688. The number of aromatic nitrogens is 2. The lowest BCUT2D eigenvalue weighted by atomic mass is 10.2. The van der Waals surface area contributed by atoms with Crippen molar-refractivity contribution < 1.29 is 9.47 Å². The number of benzene rings is 1. The van der Waals surface area contributed by atoms with E-state index >= 15 is 0 Å². The number of halogens is 1. The van der Waals surface area contributed by atoms with E-state index in [1.54, 1.807) is 20.4 Å². The Labute approximate surface area is 115 Å². The molecule has 1 aromatic carbocycles. The van der Waals surface area contributed by atoms with E-state index in [1.165, 1.54) is 0 Å². The van der Waals surface area contributed by atoms with Crippen LogP contribution in [0.25, 0.3) is 11.4 Å². The van der Waals surface area contributed by atoms with Gasteiger partial charge in [-0.15, -0.1) is 0 Å². The average Bonchev–Trinajstić information content (AvgIpc) is 2.85. The maximum Gasteiger partial charge on any atom is 0.174 e. The molecule has 1 heterocycles. The molecule has 96 valence electrons. The molecule has 0 spiro atoms. The zero-order chi connectivity index (χ0) is 13.1. The van der Waals surface area contributed by atoms with Crippen molar-refractivity contribution in [1.29, 1.82) is 0 Å². The topological polar surface area (TPSA) is 36.3 Å². The van der Waals surface area contributed by atoms with Gasteiger partial charge in [0.2, 0.25) is 0 Å². The molecular formula is C13H15BrN2O2. The number of hydrogen-bond donors (Lipinski definition) is 0. The van der Waals surface area contributed by atoms with E-state index in [0.717, 1.165) is 22.4 Å². The van der Waals surface area contributed by atoms with E-state index in [-0.39, 0.29) is 0 Å². The summed E-state index contributed by atoms with van der Waals surface area (Å²) in [4.78, 5) is 4.38. The normalized spacial score (nSPS) is 10.4. The van der Waals surface area contributed by atoms with Gasteiger partial charge in [-0.05, 0) is 35.0 Å². The molecule has 0 radical (unpaired) electrons. The van der Waals surface area contributed by atoms with Crippen molar-refractivity contribution in [3.8, 4) is 22.9 Å². The molecule has 0 bridgehead atoms. The van der Waals surface area contributed by atoms with Crippen molar-refractivity contribution >= 4 is 15.9 Å². The molecule has 1 aromatic heterocycles. The number of nitrogens with zero attached hydrogens (tertiary/aromatic N) is 2. The van der Waals surface area contributed by atoms with Crippen LogP contribution in [0.5, 0.6) is 11.5 Å². The van der Waals surface area contributed by atoms with Gasteiger partial charge in [0.25, 0.3) is 0 Å². The van der Waals surface area contributed by atoms with E-state index in [0.29, 0.717) is 11.5 Å². The van der Waals surface area contributed by atoms with Crippen LogP contribution in [0.15, 0.2) is 29.0 Å². The predicted octanol–water partition coefficient (Wildman–Crippen LogP) is 3.35. The highest BCUT2D eigenvalue weighted by atomic mass is 79.9. The van der Waals surface area contributed by atoms with Gasteiger partial charge in [0.05, 0.1) is 18.7 Å². The van der Waals surface area contributed by atoms with Gasteiger partial charge in [-0.3, -0.25) is 0 Å². The van der Waals surface area contributed by atoms with Gasteiger partial charge >= 0.3 is 0 Å². The van der Waals surface area contributed by atoms with Crippen molar-refractivity contribution in [2.45, 2.75) is 13.5 Å². The van der Waals surface area contributed by atoms with Gasteiger partial charge in [-0.25, -0.2) is 4.98 Å². The highest BCUT2D eigenvalue weighted by Gasteiger charge is 2.13. The molecule has 0 aliphatic rings. The number of rotatable bonds is 4. The summed E-state index contributed by atoms with van der Waals surface area (Å²) in [5.74, 6) is 2.29. The van der Waals surface area contributed by atoms with Crippen LogP contribution >= 0.6 is 15.9 Å². The second-order valence-electron chi connectivity index (χ2n) is 3.73. The van der Waals surface area contributed by atoms with Crippen molar-refractivity contribution in [3.05, 3.63) is 29.0 Å². The zero-order valence-electron chi connectivity index (χ0n) is 10.6. The molecule has 0 atom stereocenters. The van der Waals surface area contributed by atoms with Crippen molar-refractivity contribution in [3.63, 3.8) is 0 Å². The van der Waals surface area contributed by atoms with Crippen molar-refractivity contribution in [1.82, 2.24) is 9.55 Å². The molecule has 0 amide bonds. The number of ether oxygens (including phenoxy) is 2. The van der Waals surface area contributed by atoms with E-state index in [9.17, 15) is 0 Å². The van der Waals surface area contributed by atoms with Crippen LogP contribution in [-0.2, 0) is 6.54 Å². The Hall–Kier alpha value is -1.49. The molecule has 0 N–H and O–H groups in total. The Kier molecular flexibility index (Phi) is 3.91. The van der Waals surface area contributed by atoms with Crippen LogP contribution in [0.2, 0.25) is 0 Å². The summed E-state index contributed by atoms with van der Waals surface area (Å²) in [7, 11) is 3.25. The molecule has 0 aliphatic carbocycles. The molecule has 4 nitrogen and oxygen atoms in total. The number of imidazole rings is 1. The van der Waals surface area contributed by atoms with Crippen molar-refractivity contribution in [2.75, 3.05) is 14.2 Å². The lowest BCUT2D eigenvalue weighted by Crippen LogP contribution is -1.98. The minimum Gasteiger partial charge on any atom is -0.493 e. The Morgan fingerprint density at radius 3 is 2.67 bits per heavy atom. The molecule has 18 heavy (non-hydrogen) atoms. The van der Waals surface area contributed by atoms with E-state index in [2.05, 4.69) is 32.4 Å². The Morgan fingerprint density at radius 1 is 1.28 bits per heavy atom.